The Morgan fingerprint density at radius 3 is 1.80 bits per heavy atom. The average Bonchev–Trinajstić information content (AvgIpc) is 1.97. The second-order valence-corrected chi connectivity index (χ2v) is 4.73. The van der Waals surface area contributed by atoms with Gasteiger partial charge in [-0.15, -0.1) is 7.92 Å². The zero-order chi connectivity index (χ0) is 7.82. The lowest BCUT2D eigenvalue weighted by molar-refractivity contribution is 1.18. The van der Waals surface area contributed by atoms with E-state index in [1.165, 1.54) is 0 Å². The molecule has 0 N–H and O–H groups in total. The van der Waals surface area contributed by atoms with Crippen molar-refractivity contribution in [1.29, 1.82) is 10.5 Å². The van der Waals surface area contributed by atoms with Crippen LogP contribution in [0.1, 0.15) is 12.8 Å². The van der Waals surface area contributed by atoms with Crippen LogP contribution in [0.2, 0.25) is 0 Å². The van der Waals surface area contributed by atoms with Crippen LogP contribution in [0, 0.1) is 22.7 Å². The number of hydrogen-bond donors (Lipinski definition) is 0. The molecule has 0 amide bonds. The van der Waals surface area contributed by atoms with Crippen molar-refractivity contribution in [2.24, 2.45) is 0 Å². The molecule has 0 aliphatic heterocycles. The van der Waals surface area contributed by atoms with E-state index >= 15 is 0 Å². The molecule has 2 nitrogen and oxygen atoms in total. The highest BCUT2D eigenvalue weighted by Crippen LogP contribution is 2.31. The Morgan fingerprint density at radius 1 is 1.10 bits per heavy atom. The molecule has 0 saturated carbocycles. The molecule has 0 fully saturated rings. The van der Waals surface area contributed by atoms with Gasteiger partial charge in [0.1, 0.15) is 0 Å². The van der Waals surface area contributed by atoms with Gasteiger partial charge >= 0.3 is 0 Å². The molecule has 0 atom stereocenters. The highest BCUT2D eigenvalue weighted by atomic mass is 31.1. The first-order valence-corrected chi connectivity index (χ1v) is 5.39. The maximum atomic E-state index is 8.24. The molecule has 0 unspecified atom stereocenters. The van der Waals surface area contributed by atoms with Crippen LogP contribution in [0.4, 0.5) is 0 Å². The van der Waals surface area contributed by atoms with Crippen LogP contribution in [0.5, 0.6) is 0 Å². The molecule has 0 aliphatic rings. The first-order chi connectivity index (χ1) is 4.81. The van der Waals surface area contributed by atoms with Crippen molar-refractivity contribution in [1.82, 2.24) is 0 Å². The monoisotopic (exact) mass is 154 g/mol. The van der Waals surface area contributed by atoms with E-state index < -0.39 is 0 Å². The predicted octanol–water partition coefficient (Wildman–Crippen LogP) is 1.93. The van der Waals surface area contributed by atoms with Crippen LogP contribution in [-0.2, 0) is 0 Å². The van der Waals surface area contributed by atoms with Gasteiger partial charge in [0.05, 0.1) is 12.1 Å². The minimum absolute atomic E-state index is 0.0373. The fraction of sp³-hybridized carbons (Fsp3) is 0.714. The summed E-state index contributed by atoms with van der Waals surface area (Å²) in [5.74, 6) is 0. The highest BCUT2D eigenvalue weighted by Gasteiger charge is 1.98. The van der Waals surface area contributed by atoms with Gasteiger partial charge in [0.25, 0.3) is 0 Å². The van der Waals surface area contributed by atoms with Crippen molar-refractivity contribution in [2.75, 3.05) is 19.0 Å². The van der Waals surface area contributed by atoms with Crippen molar-refractivity contribution in [2.45, 2.75) is 12.8 Å². The van der Waals surface area contributed by atoms with Crippen molar-refractivity contribution < 1.29 is 0 Å². The van der Waals surface area contributed by atoms with Gasteiger partial charge in [-0.3, -0.25) is 0 Å². The summed E-state index contributed by atoms with van der Waals surface area (Å²) in [4.78, 5) is 0. The third-order valence-electron chi connectivity index (χ3n) is 1.21. The maximum absolute atomic E-state index is 8.24. The van der Waals surface area contributed by atoms with Gasteiger partial charge in [0.2, 0.25) is 0 Å². The third-order valence-corrected chi connectivity index (χ3v) is 3.18. The lowest BCUT2D eigenvalue weighted by Crippen LogP contribution is -1.86. The number of rotatable bonds is 4. The minimum Gasteiger partial charge on any atom is -0.198 e. The maximum Gasteiger partial charge on any atom is 0.0625 e. The highest BCUT2D eigenvalue weighted by molar-refractivity contribution is 7.56. The molecule has 10 heavy (non-hydrogen) atoms. The van der Waals surface area contributed by atoms with Crippen molar-refractivity contribution in [3.05, 3.63) is 0 Å². The first-order valence-electron chi connectivity index (χ1n) is 3.23. The van der Waals surface area contributed by atoms with Crippen LogP contribution in [-0.4, -0.2) is 19.0 Å². The van der Waals surface area contributed by atoms with Crippen molar-refractivity contribution >= 4 is 7.92 Å². The van der Waals surface area contributed by atoms with Gasteiger partial charge in [0.15, 0.2) is 0 Å². The third kappa shape index (κ3) is 5.54. The van der Waals surface area contributed by atoms with Gasteiger partial charge in [-0.25, -0.2) is 0 Å². The molecule has 0 radical (unpaired) electrons. The van der Waals surface area contributed by atoms with E-state index in [0.29, 0.717) is 12.8 Å². The van der Waals surface area contributed by atoms with Crippen molar-refractivity contribution in [3.63, 3.8) is 0 Å². The number of hydrogen-bond acceptors (Lipinski definition) is 2. The van der Waals surface area contributed by atoms with E-state index in [4.69, 9.17) is 10.5 Å². The number of nitriles is 2. The zero-order valence-corrected chi connectivity index (χ0v) is 7.06. The fourth-order valence-electron chi connectivity index (χ4n) is 0.594. The second kappa shape index (κ2) is 6.53. The summed E-state index contributed by atoms with van der Waals surface area (Å²) in [6.07, 6.45) is 3.28. The first kappa shape index (κ1) is 9.41. The normalized spacial score (nSPS) is 8.80. The summed E-state index contributed by atoms with van der Waals surface area (Å²) in [5.41, 5.74) is 0. The Labute approximate surface area is 63.2 Å². The van der Waals surface area contributed by atoms with E-state index in [0.717, 1.165) is 12.3 Å². The van der Waals surface area contributed by atoms with Crippen LogP contribution in [0.25, 0.3) is 0 Å². The molecule has 54 valence electrons. The lowest BCUT2D eigenvalue weighted by atomic mass is 10.5. The van der Waals surface area contributed by atoms with E-state index in [9.17, 15) is 0 Å². The number of nitrogens with zero attached hydrogens (tertiary/aromatic N) is 2. The zero-order valence-electron chi connectivity index (χ0n) is 6.17. The molecule has 0 aromatic rings. The molecule has 0 spiro atoms. The van der Waals surface area contributed by atoms with Crippen LogP contribution >= 0.6 is 7.92 Å². The summed E-state index contributed by atoms with van der Waals surface area (Å²) in [6.45, 7) is 2.14. The molecule has 0 rings (SSSR count). The summed E-state index contributed by atoms with van der Waals surface area (Å²) < 4.78 is 0. The van der Waals surface area contributed by atoms with Gasteiger partial charge in [0, 0.05) is 12.8 Å². The smallest absolute Gasteiger partial charge is 0.0625 e. The minimum atomic E-state index is -0.0373. The molecule has 0 aliphatic carbocycles. The summed E-state index contributed by atoms with van der Waals surface area (Å²) >= 11 is 0. The predicted molar refractivity (Wildman–Crippen MR) is 43.0 cm³/mol. The van der Waals surface area contributed by atoms with Gasteiger partial charge < -0.3 is 0 Å². The molecule has 0 aromatic heterocycles. The fourth-order valence-corrected chi connectivity index (χ4v) is 1.78. The molecule has 3 heteroatoms. The SMILES string of the molecule is CP(CCC#N)CCC#N. The Kier molecular flexibility index (Phi) is 6.14. The summed E-state index contributed by atoms with van der Waals surface area (Å²) in [6, 6.07) is 4.22. The summed E-state index contributed by atoms with van der Waals surface area (Å²) in [7, 11) is -0.0373. The Hall–Kier alpha value is -0.590. The van der Waals surface area contributed by atoms with E-state index in [2.05, 4.69) is 18.8 Å². The lowest BCUT2D eigenvalue weighted by Gasteiger charge is -2.05. The van der Waals surface area contributed by atoms with Crippen LogP contribution in [0.15, 0.2) is 0 Å². The molecular formula is C7H11N2P. The van der Waals surface area contributed by atoms with Crippen molar-refractivity contribution in [3.8, 4) is 12.1 Å². The van der Waals surface area contributed by atoms with E-state index in [1.807, 2.05) is 0 Å². The Bertz CT molecular complexity index is 136. The quantitative estimate of drug-likeness (QED) is 0.581. The van der Waals surface area contributed by atoms with Crippen LogP contribution in [0.3, 0.4) is 0 Å². The van der Waals surface area contributed by atoms with Gasteiger partial charge in [-0.1, -0.05) is 0 Å². The Balaban J connectivity index is 3.20. The molecule has 0 saturated heterocycles. The van der Waals surface area contributed by atoms with Gasteiger partial charge in [-0.05, 0) is 19.0 Å². The molecule has 0 aromatic carbocycles. The molecular weight excluding hydrogens is 143 g/mol. The largest absolute Gasteiger partial charge is 0.198 e. The molecule has 0 bridgehead atoms. The molecule has 0 heterocycles. The van der Waals surface area contributed by atoms with E-state index in [-0.39, 0.29) is 7.92 Å². The average molecular weight is 154 g/mol. The second-order valence-electron chi connectivity index (χ2n) is 2.12. The Morgan fingerprint density at radius 2 is 1.50 bits per heavy atom. The standard InChI is InChI=1S/C7H11N2P/c1-10(6-2-4-8)7-3-5-9/h2-3,6-7H2,1H3. The topological polar surface area (TPSA) is 47.6 Å². The summed E-state index contributed by atoms with van der Waals surface area (Å²) in [5, 5.41) is 16.5. The van der Waals surface area contributed by atoms with E-state index in [1.54, 1.807) is 0 Å². The van der Waals surface area contributed by atoms with Crippen LogP contribution < -0.4 is 0 Å². The van der Waals surface area contributed by atoms with Gasteiger partial charge in [-0.2, -0.15) is 10.5 Å².